The van der Waals surface area contributed by atoms with Gasteiger partial charge in [-0.1, -0.05) is 36.4 Å². The normalized spacial score (nSPS) is 10.8. The molecule has 31 heavy (non-hydrogen) atoms. The molecule has 156 valence electrons. The number of fused-ring (bicyclic) bond motifs is 1. The van der Waals surface area contributed by atoms with Gasteiger partial charge in [0, 0.05) is 11.1 Å². The number of hydrogen-bond donors (Lipinski definition) is 2. The van der Waals surface area contributed by atoms with Crippen LogP contribution in [-0.2, 0) is 6.54 Å². The minimum atomic E-state index is -0.567. The highest BCUT2D eigenvalue weighted by atomic mass is 16.5. The molecule has 0 fully saturated rings. The minimum Gasteiger partial charge on any atom is -0.496 e. The van der Waals surface area contributed by atoms with Crippen LogP contribution in [0, 0.1) is 6.92 Å². The lowest BCUT2D eigenvalue weighted by Crippen LogP contribution is -2.14. The third-order valence-corrected chi connectivity index (χ3v) is 5.01. The van der Waals surface area contributed by atoms with E-state index in [0.717, 1.165) is 16.6 Å². The van der Waals surface area contributed by atoms with E-state index in [1.54, 1.807) is 17.9 Å². The van der Waals surface area contributed by atoms with Gasteiger partial charge in [0.2, 0.25) is 0 Å². The second kappa shape index (κ2) is 8.31. The number of carbonyl (C=O) groups is 2. The van der Waals surface area contributed by atoms with Crippen LogP contribution in [-0.4, -0.2) is 28.7 Å². The molecule has 4 rings (SSSR count). The summed E-state index contributed by atoms with van der Waals surface area (Å²) in [6.45, 7) is 2.36. The first-order valence-corrected chi connectivity index (χ1v) is 9.76. The first-order chi connectivity index (χ1) is 15.0. The summed E-state index contributed by atoms with van der Waals surface area (Å²) in [5.41, 5.74) is 9.57. The second-order valence-corrected chi connectivity index (χ2v) is 7.25. The number of methoxy groups -OCH3 is 1. The molecular weight excluding hydrogens is 392 g/mol. The van der Waals surface area contributed by atoms with E-state index in [4.69, 9.17) is 10.5 Å². The topological polar surface area (TPSA) is 99.2 Å². The number of hydrogen-bond acceptors (Lipinski definition) is 4. The Morgan fingerprint density at radius 3 is 2.65 bits per heavy atom. The maximum atomic E-state index is 12.8. The molecule has 0 saturated heterocycles. The molecule has 4 aromatic rings. The van der Waals surface area contributed by atoms with E-state index in [2.05, 4.69) is 10.4 Å². The Kier molecular flexibility index (Phi) is 5.41. The summed E-state index contributed by atoms with van der Waals surface area (Å²) in [5.74, 6) is -0.298. The average Bonchev–Trinajstić information content (AvgIpc) is 3.12. The molecule has 7 heteroatoms. The minimum absolute atomic E-state index is 0.242. The zero-order valence-corrected chi connectivity index (χ0v) is 17.3. The van der Waals surface area contributed by atoms with Crippen molar-refractivity contribution in [1.82, 2.24) is 9.78 Å². The van der Waals surface area contributed by atoms with Gasteiger partial charge in [-0.3, -0.25) is 14.3 Å². The van der Waals surface area contributed by atoms with Crippen LogP contribution in [0.25, 0.3) is 10.9 Å². The number of carbonyl (C=O) groups excluding carboxylic acids is 2. The number of nitrogens with zero attached hydrogens (tertiary/aromatic N) is 2. The summed E-state index contributed by atoms with van der Waals surface area (Å²) in [4.78, 5) is 24.5. The fourth-order valence-corrected chi connectivity index (χ4v) is 3.53. The zero-order chi connectivity index (χ0) is 22.0. The van der Waals surface area contributed by atoms with E-state index in [-0.39, 0.29) is 11.6 Å². The number of primary amides is 1. The van der Waals surface area contributed by atoms with Crippen molar-refractivity contribution in [3.05, 3.63) is 89.1 Å². The second-order valence-electron chi connectivity index (χ2n) is 7.25. The third kappa shape index (κ3) is 4.11. The summed E-state index contributed by atoms with van der Waals surface area (Å²) >= 11 is 0. The lowest BCUT2D eigenvalue weighted by molar-refractivity contribution is 0.0993. The Hall–Kier alpha value is -4.13. The number of aromatic nitrogens is 2. The quantitative estimate of drug-likeness (QED) is 0.502. The fraction of sp³-hybridized carbons (Fsp3) is 0.125. The van der Waals surface area contributed by atoms with Crippen molar-refractivity contribution in [2.75, 3.05) is 12.4 Å². The van der Waals surface area contributed by atoms with Crippen molar-refractivity contribution in [3.63, 3.8) is 0 Å². The maximum Gasteiger partial charge on any atom is 0.269 e. The molecule has 1 heterocycles. The van der Waals surface area contributed by atoms with Gasteiger partial charge >= 0.3 is 0 Å². The van der Waals surface area contributed by atoms with Crippen LogP contribution in [0.5, 0.6) is 5.75 Å². The molecule has 1 aromatic heterocycles. The SMILES string of the molecule is COc1cc(C)ccc1C(=O)Nc1cccc(Cn2nc(C(N)=O)c3ccccc32)c1. The smallest absolute Gasteiger partial charge is 0.269 e. The first kappa shape index (κ1) is 20.2. The molecule has 2 amide bonds. The van der Waals surface area contributed by atoms with Crippen LogP contribution in [0.1, 0.15) is 32.0 Å². The predicted octanol–water partition coefficient (Wildman–Crippen LogP) is 3.75. The van der Waals surface area contributed by atoms with Gasteiger partial charge in [-0.05, 0) is 48.4 Å². The number of para-hydroxylation sites is 1. The highest BCUT2D eigenvalue weighted by Gasteiger charge is 2.15. The van der Waals surface area contributed by atoms with E-state index in [0.29, 0.717) is 28.9 Å². The number of nitrogens with two attached hydrogens (primary N) is 1. The number of aryl methyl sites for hydroxylation is 1. The number of benzene rings is 3. The van der Waals surface area contributed by atoms with Crippen LogP contribution in [0.3, 0.4) is 0 Å². The molecule has 3 aromatic carbocycles. The summed E-state index contributed by atoms with van der Waals surface area (Å²) in [7, 11) is 1.54. The molecule has 0 unspecified atom stereocenters. The van der Waals surface area contributed by atoms with Gasteiger partial charge in [-0.2, -0.15) is 5.10 Å². The molecule has 0 saturated carbocycles. The summed E-state index contributed by atoms with van der Waals surface area (Å²) < 4.78 is 7.08. The number of amides is 2. The molecule has 0 radical (unpaired) electrons. The summed E-state index contributed by atoms with van der Waals surface area (Å²) in [6.07, 6.45) is 0. The van der Waals surface area contributed by atoms with Gasteiger partial charge in [0.05, 0.1) is 24.7 Å². The lowest BCUT2D eigenvalue weighted by Gasteiger charge is -2.11. The average molecular weight is 414 g/mol. The van der Waals surface area contributed by atoms with Crippen molar-refractivity contribution >= 4 is 28.4 Å². The maximum absolute atomic E-state index is 12.8. The Morgan fingerprint density at radius 2 is 1.87 bits per heavy atom. The van der Waals surface area contributed by atoms with Crippen molar-refractivity contribution in [3.8, 4) is 5.75 Å². The summed E-state index contributed by atoms with van der Waals surface area (Å²) in [6, 6.07) is 20.4. The van der Waals surface area contributed by atoms with Crippen LogP contribution < -0.4 is 15.8 Å². The van der Waals surface area contributed by atoms with E-state index >= 15 is 0 Å². The van der Waals surface area contributed by atoms with E-state index in [9.17, 15) is 9.59 Å². The van der Waals surface area contributed by atoms with Crippen LogP contribution >= 0.6 is 0 Å². The molecule has 0 spiro atoms. The predicted molar refractivity (Wildman–Crippen MR) is 119 cm³/mol. The third-order valence-electron chi connectivity index (χ3n) is 5.01. The Bertz CT molecular complexity index is 1290. The van der Waals surface area contributed by atoms with E-state index < -0.39 is 5.91 Å². The standard InChI is InChI=1S/C24H22N4O3/c1-15-10-11-19(21(12-15)31-2)24(30)26-17-7-5-6-16(13-17)14-28-20-9-4-3-8-18(20)22(27-28)23(25)29/h3-13H,14H2,1-2H3,(H2,25,29)(H,26,30). The number of nitrogens with one attached hydrogen (secondary N) is 1. The van der Waals surface area contributed by atoms with Gasteiger partial charge in [-0.25, -0.2) is 0 Å². The number of ether oxygens (including phenoxy) is 1. The Labute approximate surface area is 179 Å². The first-order valence-electron chi connectivity index (χ1n) is 9.76. The Morgan fingerprint density at radius 1 is 1.06 bits per heavy atom. The largest absolute Gasteiger partial charge is 0.496 e. The summed E-state index contributed by atoms with van der Waals surface area (Å²) in [5, 5.41) is 8.02. The molecule has 0 atom stereocenters. The van der Waals surface area contributed by atoms with Gasteiger partial charge in [0.1, 0.15) is 5.75 Å². The molecule has 3 N–H and O–H groups in total. The van der Waals surface area contributed by atoms with Gasteiger partial charge in [0.25, 0.3) is 11.8 Å². The van der Waals surface area contributed by atoms with E-state index in [1.807, 2.05) is 67.6 Å². The van der Waals surface area contributed by atoms with Crippen molar-refractivity contribution < 1.29 is 14.3 Å². The highest BCUT2D eigenvalue weighted by molar-refractivity contribution is 6.06. The van der Waals surface area contributed by atoms with Crippen LogP contribution in [0.4, 0.5) is 5.69 Å². The molecule has 0 aliphatic heterocycles. The van der Waals surface area contributed by atoms with Crippen LogP contribution in [0.2, 0.25) is 0 Å². The number of rotatable bonds is 6. The fourth-order valence-electron chi connectivity index (χ4n) is 3.53. The van der Waals surface area contributed by atoms with Gasteiger partial charge in [0.15, 0.2) is 5.69 Å². The Balaban J connectivity index is 1.59. The van der Waals surface area contributed by atoms with Gasteiger partial charge in [-0.15, -0.1) is 0 Å². The van der Waals surface area contributed by atoms with E-state index in [1.165, 1.54) is 0 Å². The lowest BCUT2D eigenvalue weighted by atomic mass is 10.1. The molecule has 0 bridgehead atoms. The highest BCUT2D eigenvalue weighted by Crippen LogP contribution is 2.23. The van der Waals surface area contributed by atoms with Gasteiger partial charge < -0.3 is 15.8 Å². The monoisotopic (exact) mass is 414 g/mol. The van der Waals surface area contributed by atoms with Crippen molar-refractivity contribution in [1.29, 1.82) is 0 Å². The molecular formula is C24H22N4O3. The van der Waals surface area contributed by atoms with Crippen molar-refractivity contribution in [2.24, 2.45) is 5.73 Å². The number of anilines is 1. The van der Waals surface area contributed by atoms with Crippen molar-refractivity contribution in [2.45, 2.75) is 13.5 Å². The molecule has 0 aliphatic rings. The molecule has 0 aliphatic carbocycles. The molecule has 7 nitrogen and oxygen atoms in total. The van der Waals surface area contributed by atoms with Crippen LogP contribution in [0.15, 0.2) is 66.7 Å². The zero-order valence-electron chi connectivity index (χ0n) is 17.3.